The average molecular weight is 431 g/mol. The molecule has 9 heteroatoms. The van der Waals surface area contributed by atoms with Gasteiger partial charge in [-0.1, -0.05) is 23.7 Å². The Morgan fingerprint density at radius 2 is 1.93 bits per heavy atom. The summed E-state index contributed by atoms with van der Waals surface area (Å²) in [6, 6.07) is 12.9. The molecule has 0 radical (unpaired) electrons. The van der Waals surface area contributed by atoms with E-state index in [-0.39, 0.29) is 10.6 Å². The molecule has 7 nitrogen and oxygen atoms in total. The summed E-state index contributed by atoms with van der Waals surface area (Å²) < 4.78 is 28.2. The van der Waals surface area contributed by atoms with E-state index < -0.39 is 15.9 Å². The lowest BCUT2D eigenvalue weighted by Gasteiger charge is -2.12. The molecular weight excluding hydrogens is 412 g/mol. The van der Waals surface area contributed by atoms with E-state index in [1.165, 1.54) is 12.1 Å². The molecule has 0 bridgehead atoms. The zero-order chi connectivity index (χ0) is 20.6. The quantitative estimate of drug-likeness (QED) is 0.542. The first kappa shape index (κ1) is 19.5. The van der Waals surface area contributed by atoms with Crippen molar-refractivity contribution in [2.24, 2.45) is 0 Å². The summed E-state index contributed by atoms with van der Waals surface area (Å²) in [6.45, 7) is 1.69. The van der Waals surface area contributed by atoms with E-state index in [0.29, 0.717) is 27.9 Å². The molecule has 0 unspecified atom stereocenters. The molecule has 1 fully saturated rings. The van der Waals surface area contributed by atoms with Crippen molar-refractivity contribution in [2.75, 3.05) is 10.0 Å². The van der Waals surface area contributed by atoms with Gasteiger partial charge in [0.25, 0.3) is 15.9 Å². The third-order valence-electron chi connectivity index (χ3n) is 4.66. The maximum Gasteiger partial charge on any atom is 0.276 e. The Labute approximate surface area is 173 Å². The molecule has 3 N–H and O–H groups in total. The number of H-pyrrole nitrogens is 1. The van der Waals surface area contributed by atoms with Gasteiger partial charge in [0.05, 0.1) is 10.6 Å². The molecule has 0 spiro atoms. The van der Waals surface area contributed by atoms with Crippen LogP contribution in [0.15, 0.2) is 53.4 Å². The fourth-order valence-corrected chi connectivity index (χ4v) is 4.49. The fourth-order valence-electron chi connectivity index (χ4n) is 2.98. The van der Waals surface area contributed by atoms with E-state index >= 15 is 0 Å². The van der Waals surface area contributed by atoms with Gasteiger partial charge in [-0.3, -0.25) is 14.6 Å². The number of nitrogens with zero attached hydrogens (tertiary/aromatic N) is 1. The van der Waals surface area contributed by atoms with Gasteiger partial charge in [0, 0.05) is 22.3 Å². The van der Waals surface area contributed by atoms with Gasteiger partial charge in [-0.15, -0.1) is 0 Å². The zero-order valence-electron chi connectivity index (χ0n) is 15.6. The summed E-state index contributed by atoms with van der Waals surface area (Å²) in [5, 5.41) is 10.1. The van der Waals surface area contributed by atoms with Crippen molar-refractivity contribution in [1.82, 2.24) is 10.2 Å². The number of carbonyl (C=O) groups is 1. The van der Waals surface area contributed by atoms with Crippen LogP contribution in [0.5, 0.6) is 0 Å². The number of aromatic amines is 1. The number of sulfonamides is 1. The normalized spacial score (nSPS) is 13.9. The number of nitrogens with one attached hydrogen (secondary N) is 3. The van der Waals surface area contributed by atoms with Crippen LogP contribution in [0.1, 0.15) is 40.5 Å². The summed E-state index contributed by atoms with van der Waals surface area (Å²) in [5.74, 6) is 0.0564. The van der Waals surface area contributed by atoms with Crippen LogP contribution < -0.4 is 10.0 Å². The molecule has 3 aromatic rings. The minimum atomic E-state index is -3.86. The molecule has 2 aromatic carbocycles. The monoisotopic (exact) mass is 430 g/mol. The Balaban J connectivity index is 1.55. The third-order valence-corrected chi connectivity index (χ3v) is 6.42. The molecule has 4 rings (SSSR count). The van der Waals surface area contributed by atoms with Crippen molar-refractivity contribution in [3.63, 3.8) is 0 Å². The lowest BCUT2D eigenvalue weighted by molar-refractivity contribution is 0.102. The minimum absolute atomic E-state index is 0.0657. The maximum atomic E-state index is 12.8. The summed E-state index contributed by atoms with van der Waals surface area (Å²) in [4.78, 5) is 12.5. The molecule has 1 aliphatic rings. The molecule has 150 valence electrons. The number of carbonyl (C=O) groups excluding carboxylic acids is 1. The van der Waals surface area contributed by atoms with E-state index in [0.717, 1.165) is 18.5 Å². The highest BCUT2D eigenvalue weighted by Gasteiger charge is 2.26. The molecule has 0 saturated heterocycles. The molecule has 1 amide bonds. The summed E-state index contributed by atoms with van der Waals surface area (Å²) in [5.41, 5.74) is 2.49. The molecule has 1 heterocycles. The first-order chi connectivity index (χ1) is 13.8. The predicted molar refractivity (Wildman–Crippen MR) is 112 cm³/mol. The van der Waals surface area contributed by atoms with E-state index in [9.17, 15) is 13.2 Å². The standard InChI is InChI=1S/C20H19ClN4O3S/c1-12-5-8-15(22-20(26)18-11-17(23-24-18)13-6-7-13)10-19(12)29(27,28)25-16-4-2-3-14(21)9-16/h2-5,8-11,13,25H,6-7H2,1H3,(H,22,26)(H,23,24). The number of amides is 1. The van der Waals surface area contributed by atoms with Gasteiger partial charge >= 0.3 is 0 Å². The topological polar surface area (TPSA) is 104 Å². The average Bonchev–Trinajstić information content (AvgIpc) is 3.39. The number of rotatable bonds is 6. The largest absolute Gasteiger partial charge is 0.321 e. The first-order valence-electron chi connectivity index (χ1n) is 9.07. The Morgan fingerprint density at radius 3 is 2.66 bits per heavy atom. The third kappa shape index (κ3) is 4.44. The van der Waals surface area contributed by atoms with Crippen LogP contribution in [0.3, 0.4) is 0 Å². The van der Waals surface area contributed by atoms with Gasteiger partial charge in [-0.05, 0) is 61.7 Å². The van der Waals surface area contributed by atoms with Gasteiger partial charge in [0.15, 0.2) is 5.69 Å². The second kappa shape index (κ2) is 7.53. The van der Waals surface area contributed by atoms with Crippen molar-refractivity contribution < 1.29 is 13.2 Å². The highest BCUT2D eigenvalue weighted by atomic mass is 35.5. The van der Waals surface area contributed by atoms with Crippen LogP contribution in [0.25, 0.3) is 0 Å². The molecule has 29 heavy (non-hydrogen) atoms. The highest BCUT2D eigenvalue weighted by Crippen LogP contribution is 2.39. The summed E-state index contributed by atoms with van der Waals surface area (Å²) in [6.07, 6.45) is 2.20. The summed E-state index contributed by atoms with van der Waals surface area (Å²) >= 11 is 5.93. The molecule has 1 aromatic heterocycles. The first-order valence-corrected chi connectivity index (χ1v) is 10.9. The van der Waals surface area contributed by atoms with Crippen LogP contribution in [0.2, 0.25) is 5.02 Å². The Hall–Kier alpha value is -2.84. The minimum Gasteiger partial charge on any atom is -0.321 e. The van der Waals surface area contributed by atoms with Crippen molar-refractivity contribution in [2.45, 2.75) is 30.6 Å². The maximum absolute atomic E-state index is 12.8. The molecular formula is C20H19ClN4O3S. The number of hydrogen-bond acceptors (Lipinski definition) is 4. The van der Waals surface area contributed by atoms with E-state index in [2.05, 4.69) is 20.2 Å². The number of aromatic nitrogens is 2. The van der Waals surface area contributed by atoms with Crippen molar-refractivity contribution in [1.29, 1.82) is 0 Å². The molecule has 0 atom stereocenters. The molecule has 1 aliphatic carbocycles. The second-order valence-electron chi connectivity index (χ2n) is 7.03. The van der Waals surface area contributed by atoms with Crippen LogP contribution in [-0.2, 0) is 10.0 Å². The number of benzene rings is 2. The van der Waals surface area contributed by atoms with E-state index in [4.69, 9.17) is 11.6 Å². The Morgan fingerprint density at radius 1 is 1.14 bits per heavy atom. The van der Waals surface area contributed by atoms with Crippen LogP contribution in [-0.4, -0.2) is 24.5 Å². The highest BCUT2D eigenvalue weighted by molar-refractivity contribution is 7.92. The lowest BCUT2D eigenvalue weighted by Crippen LogP contribution is -2.16. The van der Waals surface area contributed by atoms with Gasteiger partial charge in [0.2, 0.25) is 0 Å². The Bertz CT molecular complexity index is 1190. The molecule has 1 saturated carbocycles. The van der Waals surface area contributed by atoms with E-state index in [1.807, 2.05) is 0 Å². The van der Waals surface area contributed by atoms with Gasteiger partial charge < -0.3 is 5.32 Å². The lowest BCUT2D eigenvalue weighted by atomic mass is 10.2. The number of halogens is 1. The number of anilines is 2. The Kier molecular flexibility index (Phi) is 5.06. The summed E-state index contributed by atoms with van der Waals surface area (Å²) in [7, 11) is -3.86. The zero-order valence-corrected chi connectivity index (χ0v) is 17.1. The van der Waals surface area contributed by atoms with Crippen LogP contribution in [0.4, 0.5) is 11.4 Å². The number of hydrogen-bond donors (Lipinski definition) is 3. The van der Waals surface area contributed by atoms with Gasteiger partial charge in [0.1, 0.15) is 0 Å². The van der Waals surface area contributed by atoms with Crippen molar-refractivity contribution in [3.05, 3.63) is 70.5 Å². The SMILES string of the molecule is Cc1ccc(NC(=O)c2cc(C3CC3)[nH]n2)cc1S(=O)(=O)Nc1cccc(Cl)c1. The van der Waals surface area contributed by atoms with Crippen LogP contribution >= 0.6 is 11.6 Å². The molecule has 0 aliphatic heterocycles. The van der Waals surface area contributed by atoms with Gasteiger partial charge in [-0.2, -0.15) is 5.10 Å². The fraction of sp³-hybridized carbons (Fsp3) is 0.200. The second-order valence-corrected chi connectivity index (χ2v) is 9.12. The van der Waals surface area contributed by atoms with Crippen molar-refractivity contribution >= 4 is 38.9 Å². The van der Waals surface area contributed by atoms with Crippen LogP contribution in [0, 0.1) is 6.92 Å². The smallest absolute Gasteiger partial charge is 0.276 e. The van der Waals surface area contributed by atoms with Gasteiger partial charge in [-0.25, -0.2) is 8.42 Å². The predicted octanol–water partition coefficient (Wildman–Crippen LogP) is 4.30. The van der Waals surface area contributed by atoms with Crippen molar-refractivity contribution in [3.8, 4) is 0 Å². The number of aryl methyl sites for hydroxylation is 1. The van der Waals surface area contributed by atoms with E-state index in [1.54, 1.807) is 43.3 Å².